The lowest BCUT2D eigenvalue weighted by Gasteiger charge is -2.34. The van der Waals surface area contributed by atoms with E-state index in [0.29, 0.717) is 12.6 Å². The molecule has 0 aliphatic carbocycles. The first kappa shape index (κ1) is 25.4. The average Bonchev–Trinajstić information content (AvgIpc) is 3.34. The van der Waals surface area contributed by atoms with Crippen molar-refractivity contribution in [1.29, 1.82) is 0 Å². The van der Waals surface area contributed by atoms with Crippen molar-refractivity contribution < 1.29 is 4.74 Å². The molecule has 2 aliphatic rings. The number of aromatic nitrogens is 2. The Labute approximate surface area is 199 Å². The first-order valence-electron chi connectivity index (χ1n) is 11.5. The molecule has 172 valence electrons. The molecule has 0 radical (unpaired) electrons. The Balaban J connectivity index is 0.00000320. The lowest BCUT2D eigenvalue weighted by atomic mass is 10.0. The molecule has 30 heavy (non-hydrogen) atoms. The number of aryl methyl sites for hydroxylation is 2. The second kappa shape index (κ2) is 12.9. The molecule has 1 aromatic heterocycles. The fraction of sp³-hybridized carbons (Fsp3) is 0.818. The molecule has 0 amide bonds. The van der Waals surface area contributed by atoms with Gasteiger partial charge in [-0.3, -0.25) is 4.68 Å². The zero-order valence-electron chi connectivity index (χ0n) is 19.2. The fourth-order valence-corrected chi connectivity index (χ4v) is 4.60. The minimum absolute atomic E-state index is 0. The van der Waals surface area contributed by atoms with E-state index in [-0.39, 0.29) is 24.0 Å². The summed E-state index contributed by atoms with van der Waals surface area (Å²) in [5.74, 6) is 1.67. The smallest absolute Gasteiger partial charge is 0.191 e. The third-order valence-corrected chi connectivity index (χ3v) is 6.24. The number of likely N-dealkylation sites (tertiary alicyclic amines) is 1. The van der Waals surface area contributed by atoms with E-state index >= 15 is 0 Å². The summed E-state index contributed by atoms with van der Waals surface area (Å²) in [6.45, 7) is 13.5. The van der Waals surface area contributed by atoms with Gasteiger partial charge in [-0.2, -0.15) is 5.10 Å². The summed E-state index contributed by atoms with van der Waals surface area (Å²) in [5.41, 5.74) is 3.77. The lowest BCUT2D eigenvalue weighted by Crippen LogP contribution is -2.49. The molecule has 3 rings (SSSR count). The van der Waals surface area contributed by atoms with Gasteiger partial charge in [0.25, 0.3) is 0 Å². The number of piperidine rings is 1. The molecule has 1 unspecified atom stereocenters. The van der Waals surface area contributed by atoms with Gasteiger partial charge in [0.1, 0.15) is 0 Å². The largest absolute Gasteiger partial charge is 0.381 e. The molecule has 2 aliphatic heterocycles. The van der Waals surface area contributed by atoms with Crippen LogP contribution in [-0.4, -0.2) is 66.1 Å². The summed E-state index contributed by atoms with van der Waals surface area (Å²) < 4.78 is 7.55. The van der Waals surface area contributed by atoms with E-state index < -0.39 is 0 Å². The molecule has 3 heterocycles. The van der Waals surface area contributed by atoms with Crippen molar-refractivity contribution in [1.82, 2.24) is 25.3 Å². The molecule has 8 heteroatoms. The van der Waals surface area contributed by atoms with E-state index in [1.807, 2.05) is 11.7 Å². The number of hydrogen-bond acceptors (Lipinski definition) is 4. The number of rotatable bonds is 8. The predicted octanol–water partition coefficient (Wildman–Crippen LogP) is 2.72. The SMILES string of the molecule is CCNC(=NCc1c(CC)nn(C)c1CC)NC1CCN(CC2CCOC2)CC1.I. The minimum atomic E-state index is 0. The summed E-state index contributed by atoms with van der Waals surface area (Å²) in [4.78, 5) is 7.53. The van der Waals surface area contributed by atoms with Crippen LogP contribution in [0.3, 0.4) is 0 Å². The summed E-state index contributed by atoms with van der Waals surface area (Å²) >= 11 is 0. The second-order valence-corrected chi connectivity index (χ2v) is 8.35. The van der Waals surface area contributed by atoms with E-state index in [0.717, 1.165) is 57.6 Å². The number of guanidine groups is 1. The molecule has 2 N–H and O–H groups in total. The van der Waals surface area contributed by atoms with Crippen molar-refractivity contribution in [2.75, 3.05) is 39.4 Å². The first-order valence-corrected chi connectivity index (χ1v) is 11.5. The molecule has 0 bridgehead atoms. The lowest BCUT2D eigenvalue weighted by molar-refractivity contribution is 0.150. The van der Waals surface area contributed by atoms with Gasteiger partial charge in [-0.1, -0.05) is 13.8 Å². The molecule has 1 aromatic rings. The Morgan fingerprint density at radius 1 is 1.17 bits per heavy atom. The summed E-state index contributed by atoms with van der Waals surface area (Å²) in [6, 6.07) is 0.495. The van der Waals surface area contributed by atoms with Gasteiger partial charge in [-0.15, -0.1) is 24.0 Å². The van der Waals surface area contributed by atoms with Gasteiger partial charge in [0, 0.05) is 57.1 Å². The average molecular weight is 533 g/mol. The highest BCUT2D eigenvalue weighted by Crippen LogP contribution is 2.18. The van der Waals surface area contributed by atoms with Crippen LogP contribution in [0.25, 0.3) is 0 Å². The standard InChI is InChI=1S/C22H40N6O.HI/c1-5-20-19(21(6-2)27(4)26-20)14-24-22(23-7-3)25-18-8-11-28(12-9-18)15-17-10-13-29-16-17;/h17-18H,5-16H2,1-4H3,(H2,23,24,25);1H. The predicted molar refractivity (Wildman–Crippen MR) is 134 cm³/mol. The number of hydrogen-bond donors (Lipinski definition) is 2. The van der Waals surface area contributed by atoms with Crippen molar-refractivity contribution in [3.63, 3.8) is 0 Å². The summed E-state index contributed by atoms with van der Waals surface area (Å²) in [7, 11) is 2.04. The van der Waals surface area contributed by atoms with Crippen LogP contribution < -0.4 is 10.6 Å². The van der Waals surface area contributed by atoms with Crippen LogP contribution in [0.5, 0.6) is 0 Å². The van der Waals surface area contributed by atoms with Crippen molar-refractivity contribution >= 4 is 29.9 Å². The van der Waals surface area contributed by atoms with Crippen LogP contribution in [-0.2, 0) is 31.2 Å². The fourth-order valence-electron chi connectivity index (χ4n) is 4.60. The number of nitrogens with zero attached hydrogens (tertiary/aromatic N) is 4. The van der Waals surface area contributed by atoms with Crippen LogP contribution in [0.1, 0.15) is 57.0 Å². The van der Waals surface area contributed by atoms with Gasteiger partial charge in [0.2, 0.25) is 0 Å². The molecule has 0 spiro atoms. The zero-order valence-corrected chi connectivity index (χ0v) is 21.6. The third kappa shape index (κ3) is 6.82. The highest BCUT2D eigenvalue weighted by Gasteiger charge is 2.24. The third-order valence-electron chi connectivity index (χ3n) is 6.24. The number of nitrogens with one attached hydrogen (secondary N) is 2. The molecule has 2 saturated heterocycles. The van der Waals surface area contributed by atoms with Crippen molar-refractivity contribution in [3.05, 3.63) is 17.0 Å². The van der Waals surface area contributed by atoms with E-state index in [1.54, 1.807) is 0 Å². The molecular formula is C22H41IN6O. The maximum absolute atomic E-state index is 5.53. The van der Waals surface area contributed by atoms with Crippen LogP contribution in [0.2, 0.25) is 0 Å². The Kier molecular flexibility index (Phi) is 10.9. The van der Waals surface area contributed by atoms with Crippen molar-refractivity contribution in [3.8, 4) is 0 Å². The second-order valence-electron chi connectivity index (χ2n) is 8.35. The van der Waals surface area contributed by atoms with Gasteiger partial charge in [0.15, 0.2) is 5.96 Å². The number of ether oxygens (including phenoxy) is 1. The van der Waals surface area contributed by atoms with Gasteiger partial charge >= 0.3 is 0 Å². The van der Waals surface area contributed by atoms with Gasteiger partial charge < -0.3 is 20.3 Å². The van der Waals surface area contributed by atoms with E-state index in [9.17, 15) is 0 Å². The Hall–Kier alpha value is -0.870. The highest BCUT2D eigenvalue weighted by atomic mass is 127. The zero-order chi connectivity index (χ0) is 20.6. The van der Waals surface area contributed by atoms with Crippen molar-refractivity contribution in [2.45, 2.75) is 65.5 Å². The van der Waals surface area contributed by atoms with Crippen LogP contribution >= 0.6 is 24.0 Å². The Bertz CT molecular complexity index is 663. The molecule has 0 aromatic carbocycles. The van der Waals surface area contributed by atoms with Gasteiger partial charge in [-0.25, -0.2) is 4.99 Å². The van der Waals surface area contributed by atoms with Crippen LogP contribution in [0.15, 0.2) is 4.99 Å². The monoisotopic (exact) mass is 532 g/mol. The maximum Gasteiger partial charge on any atom is 0.191 e. The summed E-state index contributed by atoms with van der Waals surface area (Å²) in [6.07, 6.45) is 5.51. The Morgan fingerprint density at radius 3 is 2.53 bits per heavy atom. The van der Waals surface area contributed by atoms with Gasteiger partial charge in [-0.05, 0) is 44.9 Å². The molecule has 7 nitrogen and oxygen atoms in total. The van der Waals surface area contributed by atoms with Crippen molar-refractivity contribution in [2.24, 2.45) is 18.0 Å². The molecular weight excluding hydrogens is 491 g/mol. The van der Waals surface area contributed by atoms with E-state index in [2.05, 4.69) is 41.4 Å². The molecule has 0 saturated carbocycles. The quantitative estimate of drug-likeness (QED) is 0.306. The van der Waals surface area contributed by atoms with E-state index in [1.165, 1.54) is 42.8 Å². The first-order chi connectivity index (χ1) is 14.1. The van der Waals surface area contributed by atoms with Gasteiger partial charge in [0.05, 0.1) is 18.8 Å². The summed E-state index contributed by atoms with van der Waals surface area (Å²) in [5, 5.41) is 11.8. The van der Waals surface area contributed by atoms with E-state index in [4.69, 9.17) is 9.73 Å². The maximum atomic E-state index is 5.53. The normalized spacial score (nSPS) is 20.9. The minimum Gasteiger partial charge on any atom is -0.381 e. The van der Waals surface area contributed by atoms with Crippen LogP contribution in [0, 0.1) is 5.92 Å². The Morgan fingerprint density at radius 2 is 1.93 bits per heavy atom. The van der Waals surface area contributed by atoms with Crippen LogP contribution in [0.4, 0.5) is 0 Å². The number of halogens is 1. The topological polar surface area (TPSA) is 66.7 Å². The highest BCUT2D eigenvalue weighted by molar-refractivity contribution is 14.0. The molecule has 2 fully saturated rings. The number of aliphatic imine (C=N–C) groups is 1. The molecule has 1 atom stereocenters.